The summed E-state index contributed by atoms with van der Waals surface area (Å²) >= 11 is 0. The fourth-order valence-corrected chi connectivity index (χ4v) is 3.90. The zero-order valence-electron chi connectivity index (χ0n) is 11.0. The Labute approximate surface area is 108 Å². The van der Waals surface area contributed by atoms with E-state index in [4.69, 9.17) is 14.2 Å². The number of allylic oxidation sites excluding steroid dienone is 3. The van der Waals surface area contributed by atoms with Crippen molar-refractivity contribution in [1.82, 2.24) is 5.32 Å². The van der Waals surface area contributed by atoms with E-state index < -0.39 is 13.4 Å². The van der Waals surface area contributed by atoms with Crippen LogP contribution < -0.4 is 5.32 Å². The van der Waals surface area contributed by atoms with E-state index in [0.29, 0.717) is 19.8 Å². The van der Waals surface area contributed by atoms with Gasteiger partial charge in [-0.25, -0.2) is 0 Å². The Morgan fingerprint density at radius 1 is 1.44 bits per heavy atom. The molecule has 1 aliphatic rings. The van der Waals surface area contributed by atoms with Crippen molar-refractivity contribution < 1.29 is 18.7 Å². The Bertz CT molecular complexity index is 344. The normalized spacial score (nSPS) is 16.9. The van der Waals surface area contributed by atoms with Crippen LogP contribution in [-0.2, 0) is 13.6 Å². The van der Waals surface area contributed by atoms with Crippen molar-refractivity contribution in [3.05, 3.63) is 23.8 Å². The Balaban J connectivity index is 2.86. The maximum Gasteiger partial charge on any atom is 0.351 e. The summed E-state index contributed by atoms with van der Waals surface area (Å²) in [5.41, 5.74) is 0.966. The van der Waals surface area contributed by atoms with E-state index in [9.17, 15) is 4.57 Å². The average molecular weight is 275 g/mol. The molecule has 0 heterocycles. The fourth-order valence-electron chi connectivity index (χ4n) is 1.86. The smallest absolute Gasteiger partial charge is 0.351 e. The molecule has 1 rings (SSSR count). The SMILES string of the molecule is CCOP(=O)(OCC)C(NCCO)C1=CC=CC1. The van der Waals surface area contributed by atoms with Gasteiger partial charge in [-0.15, -0.1) is 0 Å². The quantitative estimate of drug-likeness (QED) is 0.630. The average Bonchev–Trinajstić information content (AvgIpc) is 2.83. The number of hydrogen-bond donors (Lipinski definition) is 2. The Hall–Kier alpha value is -0.450. The lowest BCUT2D eigenvalue weighted by Gasteiger charge is -2.28. The first-order chi connectivity index (χ1) is 8.68. The van der Waals surface area contributed by atoms with E-state index in [0.717, 1.165) is 12.0 Å². The van der Waals surface area contributed by atoms with Crippen LogP contribution in [0, 0.1) is 0 Å². The molecule has 0 aromatic heterocycles. The molecule has 1 unspecified atom stereocenters. The van der Waals surface area contributed by atoms with Crippen LogP contribution in [0.3, 0.4) is 0 Å². The minimum absolute atomic E-state index is 0.0184. The van der Waals surface area contributed by atoms with Crippen LogP contribution in [0.5, 0.6) is 0 Å². The molecular formula is C12H22NO4P. The molecule has 18 heavy (non-hydrogen) atoms. The number of nitrogens with one attached hydrogen (secondary N) is 1. The summed E-state index contributed by atoms with van der Waals surface area (Å²) < 4.78 is 23.5. The third-order valence-electron chi connectivity index (χ3n) is 2.53. The Morgan fingerprint density at radius 2 is 2.11 bits per heavy atom. The van der Waals surface area contributed by atoms with Crippen molar-refractivity contribution in [3.63, 3.8) is 0 Å². The summed E-state index contributed by atoms with van der Waals surface area (Å²) in [6.07, 6.45) is 6.56. The molecule has 0 aromatic rings. The van der Waals surface area contributed by atoms with Gasteiger partial charge in [0.25, 0.3) is 0 Å². The van der Waals surface area contributed by atoms with Crippen molar-refractivity contribution >= 4 is 7.60 Å². The highest BCUT2D eigenvalue weighted by atomic mass is 31.2. The Morgan fingerprint density at radius 3 is 2.56 bits per heavy atom. The second-order valence-electron chi connectivity index (χ2n) is 3.83. The second-order valence-corrected chi connectivity index (χ2v) is 5.94. The van der Waals surface area contributed by atoms with Crippen LogP contribution in [0.4, 0.5) is 0 Å². The molecule has 1 aliphatic carbocycles. The highest BCUT2D eigenvalue weighted by Crippen LogP contribution is 2.55. The standard InChI is InChI=1S/C12H22NO4P/c1-3-16-18(15,17-4-2)12(13-9-10-14)11-7-5-6-8-11/h5-7,12-14H,3-4,8-10H2,1-2H3. The Kier molecular flexibility index (Phi) is 6.82. The summed E-state index contributed by atoms with van der Waals surface area (Å²) in [5, 5.41) is 12.0. The van der Waals surface area contributed by atoms with Gasteiger partial charge in [-0.05, 0) is 25.8 Å². The van der Waals surface area contributed by atoms with E-state index in [-0.39, 0.29) is 6.61 Å². The molecule has 0 amide bonds. The van der Waals surface area contributed by atoms with Crippen molar-refractivity contribution in [3.8, 4) is 0 Å². The molecule has 0 aromatic carbocycles. The molecule has 0 spiro atoms. The van der Waals surface area contributed by atoms with Crippen LogP contribution in [0.2, 0.25) is 0 Å². The maximum absolute atomic E-state index is 12.7. The van der Waals surface area contributed by atoms with E-state index in [1.807, 2.05) is 18.2 Å². The third kappa shape index (κ3) is 4.04. The van der Waals surface area contributed by atoms with Gasteiger partial charge in [-0.1, -0.05) is 18.2 Å². The number of aliphatic hydroxyl groups excluding tert-OH is 1. The van der Waals surface area contributed by atoms with Crippen LogP contribution in [0.15, 0.2) is 23.8 Å². The van der Waals surface area contributed by atoms with E-state index in [1.165, 1.54) is 0 Å². The second kappa shape index (κ2) is 7.87. The fraction of sp³-hybridized carbons (Fsp3) is 0.667. The lowest BCUT2D eigenvalue weighted by molar-refractivity contribution is 0.208. The first kappa shape index (κ1) is 15.6. The highest BCUT2D eigenvalue weighted by molar-refractivity contribution is 7.54. The highest BCUT2D eigenvalue weighted by Gasteiger charge is 2.37. The molecule has 2 N–H and O–H groups in total. The lowest BCUT2D eigenvalue weighted by Crippen LogP contribution is -2.34. The minimum atomic E-state index is -3.24. The van der Waals surface area contributed by atoms with Crippen LogP contribution in [0.1, 0.15) is 20.3 Å². The molecule has 0 bridgehead atoms. The van der Waals surface area contributed by atoms with Crippen molar-refractivity contribution in [2.45, 2.75) is 26.1 Å². The van der Waals surface area contributed by atoms with Gasteiger partial charge in [0, 0.05) is 6.54 Å². The molecule has 6 heteroatoms. The zero-order valence-corrected chi connectivity index (χ0v) is 11.9. The van der Waals surface area contributed by atoms with E-state index >= 15 is 0 Å². The lowest BCUT2D eigenvalue weighted by atomic mass is 10.2. The molecule has 5 nitrogen and oxygen atoms in total. The van der Waals surface area contributed by atoms with Gasteiger partial charge >= 0.3 is 7.60 Å². The molecule has 104 valence electrons. The first-order valence-corrected chi connectivity index (χ1v) is 7.87. The van der Waals surface area contributed by atoms with E-state index in [2.05, 4.69) is 5.32 Å². The molecular weight excluding hydrogens is 253 g/mol. The largest absolute Gasteiger partial charge is 0.395 e. The predicted molar refractivity (Wildman–Crippen MR) is 71.6 cm³/mol. The topological polar surface area (TPSA) is 67.8 Å². The van der Waals surface area contributed by atoms with Gasteiger partial charge in [-0.2, -0.15) is 0 Å². The van der Waals surface area contributed by atoms with Gasteiger partial charge in [0.15, 0.2) is 0 Å². The predicted octanol–water partition coefficient (Wildman–Crippen LogP) is 2.05. The first-order valence-electron chi connectivity index (χ1n) is 6.26. The number of hydrogen-bond acceptors (Lipinski definition) is 5. The van der Waals surface area contributed by atoms with Crippen LogP contribution in [-0.4, -0.2) is 37.3 Å². The molecule has 0 fully saturated rings. The monoisotopic (exact) mass is 275 g/mol. The summed E-state index contributed by atoms with van der Waals surface area (Å²) in [7, 11) is -3.24. The summed E-state index contributed by atoms with van der Waals surface area (Å²) in [5.74, 6) is -0.487. The van der Waals surface area contributed by atoms with Crippen molar-refractivity contribution in [2.75, 3.05) is 26.4 Å². The molecule has 1 atom stereocenters. The van der Waals surface area contributed by atoms with Gasteiger partial charge in [0.2, 0.25) is 0 Å². The zero-order chi connectivity index (χ0) is 13.4. The van der Waals surface area contributed by atoms with Gasteiger partial charge in [0.1, 0.15) is 5.78 Å². The van der Waals surface area contributed by atoms with Crippen LogP contribution in [0.25, 0.3) is 0 Å². The van der Waals surface area contributed by atoms with Crippen molar-refractivity contribution in [2.24, 2.45) is 0 Å². The van der Waals surface area contributed by atoms with Gasteiger partial charge in [-0.3, -0.25) is 9.88 Å². The summed E-state index contributed by atoms with van der Waals surface area (Å²) in [6.45, 7) is 4.57. The summed E-state index contributed by atoms with van der Waals surface area (Å²) in [6, 6.07) is 0. The molecule has 0 saturated carbocycles. The molecule has 0 aliphatic heterocycles. The third-order valence-corrected chi connectivity index (χ3v) is 4.92. The molecule has 0 radical (unpaired) electrons. The van der Waals surface area contributed by atoms with E-state index in [1.54, 1.807) is 13.8 Å². The van der Waals surface area contributed by atoms with Gasteiger partial charge in [0.05, 0.1) is 19.8 Å². The van der Waals surface area contributed by atoms with Gasteiger partial charge < -0.3 is 14.2 Å². The van der Waals surface area contributed by atoms with Crippen LogP contribution >= 0.6 is 7.60 Å². The molecule has 0 saturated heterocycles. The summed E-state index contributed by atoms with van der Waals surface area (Å²) in [4.78, 5) is 0. The maximum atomic E-state index is 12.7. The number of aliphatic hydroxyl groups is 1. The minimum Gasteiger partial charge on any atom is -0.395 e. The van der Waals surface area contributed by atoms with Crippen molar-refractivity contribution in [1.29, 1.82) is 0 Å². The number of rotatable bonds is 9.